The van der Waals surface area contributed by atoms with Crippen LogP contribution in [0.3, 0.4) is 0 Å². The Morgan fingerprint density at radius 2 is 1.83 bits per heavy atom. The topological polar surface area (TPSA) is 94.2 Å². The van der Waals surface area contributed by atoms with Crippen LogP contribution in [0.2, 0.25) is 0 Å². The van der Waals surface area contributed by atoms with E-state index in [1.165, 1.54) is 39.5 Å². The molecule has 9 heteroatoms. The lowest BCUT2D eigenvalue weighted by Gasteiger charge is -2.18. The van der Waals surface area contributed by atoms with Gasteiger partial charge in [0.15, 0.2) is 11.5 Å². The van der Waals surface area contributed by atoms with E-state index in [0.717, 1.165) is 4.31 Å². The zero-order valence-corrected chi connectivity index (χ0v) is 15.2. The highest BCUT2D eigenvalue weighted by atomic mass is 32.2. The second-order valence-electron chi connectivity index (χ2n) is 4.97. The van der Waals surface area contributed by atoms with E-state index < -0.39 is 10.0 Å². The summed E-state index contributed by atoms with van der Waals surface area (Å²) < 4.78 is 41.1. The van der Waals surface area contributed by atoms with Gasteiger partial charge in [0.1, 0.15) is 0 Å². The quantitative estimate of drug-likeness (QED) is 0.610. The van der Waals surface area contributed by atoms with Gasteiger partial charge in [-0.05, 0) is 18.6 Å². The van der Waals surface area contributed by atoms with E-state index >= 15 is 0 Å². The number of hydrogen-bond acceptors (Lipinski definition) is 6. The van der Waals surface area contributed by atoms with Crippen molar-refractivity contribution < 1.29 is 27.4 Å². The fraction of sp³-hybridized carbons (Fsp3) is 0.533. The van der Waals surface area contributed by atoms with Crippen LogP contribution in [0.5, 0.6) is 11.5 Å². The lowest BCUT2D eigenvalue weighted by Crippen LogP contribution is -2.38. The maximum Gasteiger partial charge on any atom is 0.243 e. The van der Waals surface area contributed by atoms with Crippen molar-refractivity contribution in [2.45, 2.75) is 11.3 Å². The minimum absolute atomic E-state index is 0.0230. The van der Waals surface area contributed by atoms with Gasteiger partial charge >= 0.3 is 0 Å². The summed E-state index contributed by atoms with van der Waals surface area (Å²) in [7, 11) is 1.99. The van der Waals surface area contributed by atoms with Crippen LogP contribution in [0.4, 0.5) is 0 Å². The van der Waals surface area contributed by atoms with Gasteiger partial charge in [-0.2, -0.15) is 4.31 Å². The third-order valence-corrected chi connectivity index (χ3v) is 5.08. The number of rotatable bonds is 10. The molecule has 1 N–H and O–H groups in total. The van der Waals surface area contributed by atoms with Crippen molar-refractivity contribution in [3.63, 3.8) is 0 Å². The zero-order chi connectivity index (χ0) is 18.2. The van der Waals surface area contributed by atoms with Crippen molar-refractivity contribution in [1.29, 1.82) is 0 Å². The third-order valence-electron chi connectivity index (χ3n) is 3.28. The normalized spacial score (nSPS) is 11.4. The number of benzene rings is 1. The molecule has 24 heavy (non-hydrogen) atoms. The molecule has 1 rings (SSSR count). The Kier molecular flexibility index (Phi) is 7.96. The molecule has 0 aliphatic rings. The van der Waals surface area contributed by atoms with Crippen LogP contribution >= 0.6 is 0 Å². The fourth-order valence-corrected chi connectivity index (χ4v) is 3.09. The second kappa shape index (κ2) is 9.45. The Bertz CT molecular complexity index is 647. The van der Waals surface area contributed by atoms with Crippen molar-refractivity contribution in [1.82, 2.24) is 9.62 Å². The number of amides is 1. The Morgan fingerprint density at radius 3 is 2.42 bits per heavy atom. The van der Waals surface area contributed by atoms with Crippen LogP contribution in [-0.4, -0.2) is 66.7 Å². The number of hydrogen-bond donors (Lipinski definition) is 1. The van der Waals surface area contributed by atoms with Crippen LogP contribution in [0.1, 0.15) is 6.42 Å². The molecule has 0 atom stereocenters. The Labute approximate surface area is 142 Å². The molecule has 0 radical (unpaired) electrons. The molecule has 0 unspecified atom stereocenters. The van der Waals surface area contributed by atoms with Gasteiger partial charge in [0.05, 0.1) is 25.7 Å². The van der Waals surface area contributed by atoms with Gasteiger partial charge in [-0.25, -0.2) is 8.42 Å². The summed E-state index contributed by atoms with van der Waals surface area (Å²) >= 11 is 0. The van der Waals surface area contributed by atoms with Gasteiger partial charge in [-0.15, -0.1) is 0 Å². The number of carbonyl (C=O) groups is 1. The summed E-state index contributed by atoms with van der Waals surface area (Å²) in [5.74, 6) is 0.351. The summed E-state index contributed by atoms with van der Waals surface area (Å²) in [5.41, 5.74) is 0. The molecule has 0 aliphatic carbocycles. The van der Waals surface area contributed by atoms with E-state index in [4.69, 9.17) is 14.2 Å². The third kappa shape index (κ3) is 5.36. The molecule has 0 fully saturated rings. The first kappa shape index (κ1) is 20.2. The van der Waals surface area contributed by atoms with Crippen molar-refractivity contribution >= 4 is 15.9 Å². The van der Waals surface area contributed by atoms with E-state index in [0.29, 0.717) is 31.1 Å². The number of carbonyl (C=O) groups excluding carboxylic acids is 1. The minimum Gasteiger partial charge on any atom is -0.493 e. The summed E-state index contributed by atoms with van der Waals surface area (Å²) in [6, 6.07) is 4.27. The first-order chi connectivity index (χ1) is 11.4. The molecule has 136 valence electrons. The van der Waals surface area contributed by atoms with E-state index in [-0.39, 0.29) is 17.3 Å². The van der Waals surface area contributed by atoms with Crippen LogP contribution in [0.15, 0.2) is 23.1 Å². The van der Waals surface area contributed by atoms with Gasteiger partial charge in [0.2, 0.25) is 15.9 Å². The molecule has 0 saturated heterocycles. The number of nitrogens with one attached hydrogen (secondary N) is 1. The van der Waals surface area contributed by atoms with Crippen molar-refractivity contribution in [2.24, 2.45) is 0 Å². The van der Waals surface area contributed by atoms with E-state index in [2.05, 4.69) is 5.32 Å². The summed E-state index contributed by atoms with van der Waals surface area (Å²) in [4.78, 5) is 11.8. The number of likely N-dealkylation sites (N-methyl/N-ethyl adjacent to an activating group) is 1. The van der Waals surface area contributed by atoms with Gasteiger partial charge < -0.3 is 19.5 Å². The monoisotopic (exact) mass is 360 g/mol. The molecule has 0 aliphatic heterocycles. The molecule has 0 bridgehead atoms. The Balaban J connectivity index is 2.78. The van der Waals surface area contributed by atoms with E-state index in [1.807, 2.05) is 0 Å². The van der Waals surface area contributed by atoms with Gasteiger partial charge in [-0.1, -0.05) is 0 Å². The fourth-order valence-electron chi connectivity index (χ4n) is 1.94. The molecule has 0 spiro atoms. The highest BCUT2D eigenvalue weighted by Crippen LogP contribution is 2.30. The van der Waals surface area contributed by atoms with E-state index in [1.54, 1.807) is 7.11 Å². The van der Waals surface area contributed by atoms with Crippen molar-refractivity contribution in [3.05, 3.63) is 18.2 Å². The first-order valence-corrected chi connectivity index (χ1v) is 8.74. The number of methoxy groups -OCH3 is 3. The second-order valence-corrected chi connectivity index (χ2v) is 7.02. The van der Waals surface area contributed by atoms with Crippen LogP contribution in [0, 0.1) is 0 Å². The van der Waals surface area contributed by atoms with Crippen LogP contribution in [0.25, 0.3) is 0 Å². The molecule has 1 aromatic rings. The van der Waals surface area contributed by atoms with Crippen molar-refractivity contribution in [2.75, 3.05) is 48.1 Å². The maximum absolute atomic E-state index is 12.5. The largest absolute Gasteiger partial charge is 0.493 e. The summed E-state index contributed by atoms with van der Waals surface area (Å²) in [5, 5.41) is 2.64. The molecule has 1 amide bonds. The van der Waals surface area contributed by atoms with Gasteiger partial charge in [0.25, 0.3) is 0 Å². The first-order valence-electron chi connectivity index (χ1n) is 7.30. The molecular weight excluding hydrogens is 336 g/mol. The number of ether oxygens (including phenoxy) is 3. The smallest absolute Gasteiger partial charge is 0.243 e. The lowest BCUT2D eigenvalue weighted by atomic mass is 10.3. The highest BCUT2D eigenvalue weighted by molar-refractivity contribution is 7.89. The van der Waals surface area contributed by atoms with Gasteiger partial charge in [0, 0.05) is 33.4 Å². The Morgan fingerprint density at radius 1 is 1.17 bits per heavy atom. The predicted molar refractivity (Wildman–Crippen MR) is 88.9 cm³/mol. The minimum atomic E-state index is -3.81. The maximum atomic E-state index is 12.5. The van der Waals surface area contributed by atoms with E-state index in [9.17, 15) is 13.2 Å². The number of sulfonamides is 1. The molecule has 1 aromatic carbocycles. The Hall–Kier alpha value is -1.84. The lowest BCUT2D eigenvalue weighted by molar-refractivity contribution is -0.121. The molecular formula is C15H24N2O6S. The van der Waals surface area contributed by atoms with Crippen LogP contribution in [-0.2, 0) is 19.6 Å². The molecule has 0 saturated carbocycles. The SMILES string of the molecule is COCCCNC(=O)CN(C)S(=O)(=O)c1ccc(OC)c(OC)c1. The average Bonchev–Trinajstić information content (AvgIpc) is 2.57. The van der Waals surface area contributed by atoms with Gasteiger partial charge in [-0.3, -0.25) is 4.79 Å². The number of nitrogens with zero attached hydrogens (tertiary/aromatic N) is 1. The summed E-state index contributed by atoms with van der Waals surface area (Å²) in [6.07, 6.45) is 0.661. The molecule has 0 heterocycles. The molecule has 0 aromatic heterocycles. The summed E-state index contributed by atoms with van der Waals surface area (Å²) in [6.45, 7) is 0.681. The van der Waals surface area contributed by atoms with Crippen molar-refractivity contribution in [3.8, 4) is 11.5 Å². The van der Waals surface area contributed by atoms with Crippen LogP contribution < -0.4 is 14.8 Å². The highest BCUT2D eigenvalue weighted by Gasteiger charge is 2.24. The standard InChI is InChI=1S/C15H24N2O6S/c1-17(11-15(18)16-8-5-9-21-2)24(19,20)12-6-7-13(22-3)14(10-12)23-4/h6-7,10H,5,8-9,11H2,1-4H3,(H,16,18). The molecule has 8 nitrogen and oxygen atoms in total. The predicted octanol–water partition coefficient (Wildman–Crippen LogP) is 0.477. The average molecular weight is 360 g/mol. The zero-order valence-electron chi connectivity index (χ0n) is 14.4.